The number of rotatable bonds is 4. The van der Waals surface area contributed by atoms with Gasteiger partial charge >= 0.3 is 0 Å². The van der Waals surface area contributed by atoms with E-state index >= 15 is 0 Å². The molecule has 1 aromatic carbocycles. The maximum absolute atomic E-state index is 5.97. The van der Waals surface area contributed by atoms with Gasteiger partial charge in [0, 0.05) is 22.5 Å². The number of furan rings is 1. The average Bonchev–Trinajstić information content (AvgIpc) is 3.01. The molecule has 1 N–H and O–H groups in total. The van der Waals surface area contributed by atoms with E-state index in [-0.39, 0.29) is 0 Å². The van der Waals surface area contributed by atoms with Crippen LogP contribution in [0.15, 0.2) is 34.9 Å². The lowest BCUT2D eigenvalue weighted by Crippen LogP contribution is -2.10. The summed E-state index contributed by atoms with van der Waals surface area (Å²) in [5.74, 6) is 2.83. The summed E-state index contributed by atoms with van der Waals surface area (Å²) >= 11 is 11.9. The SMILES string of the molecule is Clc1cc(Cl)cc(Oc2ccoc2CC2CCNC2)c1. The fourth-order valence-electron chi connectivity index (χ4n) is 2.43. The zero-order chi connectivity index (χ0) is 13.9. The van der Waals surface area contributed by atoms with Crippen molar-refractivity contribution in [1.82, 2.24) is 5.32 Å². The normalized spacial score (nSPS) is 18.4. The van der Waals surface area contributed by atoms with E-state index < -0.39 is 0 Å². The molecular formula is C15H15Cl2NO2. The first-order valence-corrected chi connectivity index (χ1v) is 7.37. The molecule has 0 amide bonds. The molecule has 1 fully saturated rings. The van der Waals surface area contributed by atoms with E-state index in [1.54, 1.807) is 24.5 Å². The molecule has 0 bridgehead atoms. The second-order valence-electron chi connectivity index (χ2n) is 4.98. The number of nitrogens with one attached hydrogen (secondary N) is 1. The highest BCUT2D eigenvalue weighted by Gasteiger charge is 2.19. The van der Waals surface area contributed by atoms with Crippen LogP contribution in [-0.2, 0) is 6.42 Å². The highest BCUT2D eigenvalue weighted by molar-refractivity contribution is 6.34. The van der Waals surface area contributed by atoms with Crippen LogP contribution in [0.2, 0.25) is 10.0 Å². The maximum Gasteiger partial charge on any atom is 0.168 e. The van der Waals surface area contributed by atoms with E-state index in [0.717, 1.165) is 31.0 Å². The Hall–Kier alpha value is -1.16. The first-order valence-electron chi connectivity index (χ1n) is 6.62. The van der Waals surface area contributed by atoms with Gasteiger partial charge in [-0.3, -0.25) is 0 Å². The first kappa shape index (κ1) is 13.8. The van der Waals surface area contributed by atoms with Gasteiger partial charge in [0.1, 0.15) is 11.5 Å². The summed E-state index contributed by atoms with van der Waals surface area (Å²) < 4.78 is 11.4. The summed E-state index contributed by atoms with van der Waals surface area (Å²) in [4.78, 5) is 0. The highest BCUT2D eigenvalue weighted by Crippen LogP contribution is 2.32. The van der Waals surface area contributed by atoms with Gasteiger partial charge in [-0.15, -0.1) is 0 Å². The summed E-state index contributed by atoms with van der Waals surface area (Å²) in [6, 6.07) is 6.98. The molecule has 1 aliphatic heterocycles. The van der Waals surface area contributed by atoms with Crippen molar-refractivity contribution in [2.24, 2.45) is 5.92 Å². The third-order valence-electron chi connectivity index (χ3n) is 3.40. The van der Waals surface area contributed by atoms with Crippen molar-refractivity contribution in [2.75, 3.05) is 13.1 Å². The number of hydrogen-bond acceptors (Lipinski definition) is 3. The Morgan fingerprint density at radius 2 is 2.05 bits per heavy atom. The molecule has 0 aliphatic carbocycles. The minimum atomic E-state index is 0.553. The van der Waals surface area contributed by atoms with Gasteiger partial charge in [-0.25, -0.2) is 0 Å². The van der Waals surface area contributed by atoms with Gasteiger partial charge < -0.3 is 14.5 Å². The molecule has 1 atom stereocenters. The van der Waals surface area contributed by atoms with Crippen molar-refractivity contribution in [3.05, 3.63) is 46.3 Å². The third kappa shape index (κ3) is 3.29. The second kappa shape index (κ2) is 6.08. The van der Waals surface area contributed by atoms with E-state index in [1.807, 2.05) is 6.07 Å². The Balaban J connectivity index is 1.75. The largest absolute Gasteiger partial charge is 0.465 e. The van der Waals surface area contributed by atoms with Gasteiger partial charge in [0.15, 0.2) is 5.75 Å². The van der Waals surface area contributed by atoms with Crippen LogP contribution in [0.4, 0.5) is 0 Å². The van der Waals surface area contributed by atoms with Gasteiger partial charge in [0.2, 0.25) is 0 Å². The molecule has 20 heavy (non-hydrogen) atoms. The Labute approximate surface area is 127 Å². The zero-order valence-electron chi connectivity index (χ0n) is 10.9. The predicted molar refractivity (Wildman–Crippen MR) is 79.9 cm³/mol. The summed E-state index contributed by atoms with van der Waals surface area (Å²) in [6.45, 7) is 2.11. The molecule has 106 valence electrons. The van der Waals surface area contributed by atoms with Gasteiger partial charge in [0.05, 0.1) is 6.26 Å². The summed E-state index contributed by atoms with van der Waals surface area (Å²) in [7, 11) is 0. The van der Waals surface area contributed by atoms with Crippen LogP contribution in [0.25, 0.3) is 0 Å². The lowest BCUT2D eigenvalue weighted by Gasteiger charge is -2.09. The lowest BCUT2D eigenvalue weighted by atomic mass is 10.0. The van der Waals surface area contributed by atoms with Crippen molar-refractivity contribution in [3.63, 3.8) is 0 Å². The fraction of sp³-hybridized carbons (Fsp3) is 0.333. The van der Waals surface area contributed by atoms with Crippen LogP contribution in [-0.4, -0.2) is 13.1 Å². The van der Waals surface area contributed by atoms with Gasteiger partial charge in [-0.1, -0.05) is 23.2 Å². The average molecular weight is 312 g/mol. The molecular weight excluding hydrogens is 297 g/mol. The van der Waals surface area contributed by atoms with Crippen LogP contribution in [0, 0.1) is 5.92 Å². The van der Waals surface area contributed by atoms with Crippen molar-refractivity contribution >= 4 is 23.2 Å². The molecule has 0 spiro atoms. The van der Waals surface area contributed by atoms with Gasteiger partial charge in [-0.2, -0.15) is 0 Å². The van der Waals surface area contributed by atoms with E-state index in [9.17, 15) is 0 Å². The zero-order valence-corrected chi connectivity index (χ0v) is 12.4. The molecule has 2 aromatic rings. The summed E-state index contributed by atoms with van der Waals surface area (Å²) in [5, 5.41) is 4.46. The monoisotopic (exact) mass is 311 g/mol. The van der Waals surface area contributed by atoms with E-state index in [2.05, 4.69) is 5.32 Å². The smallest absolute Gasteiger partial charge is 0.168 e. The molecule has 1 unspecified atom stereocenters. The molecule has 0 radical (unpaired) electrons. The number of benzene rings is 1. The first-order chi connectivity index (χ1) is 9.70. The summed E-state index contributed by atoms with van der Waals surface area (Å²) in [6.07, 6.45) is 3.70. The fourth-order valence-corrected chi connectivity index (χ4v) is 2.94. The van der Waals surface area contributed by atoms with Crippen LogP contribution in [0.3, 0.4) is 0 Å². The highest BCUT2D eigenvalue weighted by atomic mass is 35.5. The second-order valence-corrected chi connectivity index (χ2v) is 5.85. The minimum absolute atomic E-state index is 0.553. The summed E-state index contributed by atoms with van der Waals surface area (Å²) in [5.41, 5.74) is 0. The number of hydrogen-bond donors (Lipinski definition) is 1. The number of ether oxygens (including phenoxy) is 1. The minimum Gasteiger partial charge on any atom is -0.465 e. The molecule has 1 saturated heterocycles. The van der Waals surface area contributed by atoms with Gasteiger partial charge in [-0.05, 0) is 43.6 Å². The van der Waals surface area contributed by atoms with E-state index in [1.165, 1.54) is 6.42 Å². The van der Waals surface area contributed by atoms with Crippen molar-refractivity contribution in [3.8, 4) is 11.5 Å². The molecule has 1 aromatic heterocycles. The maximum atomic E-state index is 5.97. The quantitative estimate of drug-likeness (QED) is 0.900. The van der Waals surface area contributed by atoms with Crippen molar-refractivity contribution in [2.45, 2.75) is 12.8 Å². The Morgan fingerprint density at radius 1 is 1.25 bits per heavy atom. The molecule has 2 heterocycles. The predicted octanol–water partition coefficient (Wildman–Crippen LogP) is 4.53. The Kier molecular flexibility index (Phi) is 4.20. The Bertz CT molecular complexity index is 571. The molecule has 1 aliphatic rings. The standard InChI is InChI=1S/C15H15Cl2NO2/c16-11-6-12(17)8-13(7-11)20-14-2-4-19-15(14)5-10-1-3-18-9-10/h2,4,6-8,10,18H,1,3,5,9H2. The molecule has 3 rings (SSSR count). The molecule has 5 heteroatoms. The van der Waals surface area contributed by atoms with Crippen LogP contribution < -0.4 is 10.1 Å². The third-order valence-corrected chi connectivity index (χ3v) is 3.84. The van der Waals surface area contributed by atoms with Crippen molar-refractivity contribution < 1.29 is 9.15 Å². The lowest BCUT2D eigenvalue weighted by molar-refractivity contribution is 0.413. The van der Waals surface area contributed by atoms with E-state index in [4.69, 9.17) is 32.4 Å². The number of halogens is 2. The van der Waals surface area contributed by atoms with E-state index in [0.29, 0.717) is 21.7 Å². The topological polar surface area (TPSA) is 34.4 Å². The van der Waals surface area contributed by atoms with Crippen LogP contribution in [0.5, 0.6) is 11.5 Å². The molecule has 3 nitrogen and oxygen atoms in total. The molecule has 0 saturated carbocycles. The Morgan fingerprint density at radius 3 is 2.75 bits per heavy atom. The van der Waals surface area contributed by atoms with Gasteiger partial charge in [0.25, 0.3) is 0 Å². The van der Waals surface area contributed by atoms with Crippen LogP contribution in [0.1, 0.15) is 12.2 Å². The van der Waals surface area contributed by atoms with Crippen LogP contribution >= 0.6 is 23.2 Å². The van der Waals surface area contributed by atoms with Crippen molar-refractivity contribution in [1.29, 1.82) is 0 Å².